The smallest absolute Gasteiger partial charge is 0.319 e. The molecule has 1 aromatic rings. The molecule has 1 aromatic carbocycles. The summed E-state index contributed by atoms with van der Waals surface area (Å²) in [4.78, 5) is 11.8. The van der Waals surface area contributed by atoms with Crippen molar-refractivity contribution in [2.45, 2.75) is 25.3 Å². The third-order valence-corrected chi connectivity index (χ3v) is 3.67. The Morgan fingerprint density at radius 3 is 2.62 bits per heavy atom. The number of rotatable bonds is 4. The Hall–Kier alpha value is -1.89. The molecule has 116 valence electrons. The lowest BCUT2D eigenvalue weighted by atomic mass is 10.1. The molecule has 2 rings (SSSR count). The fraction of sp³-hybridized carbons (Fsp3) is 0.500. The van der Waals surface area contributed by atoms with Gasteiger partial charge in [0.1, 0.15) is 0 Å². The molecule has 1 saturated carbocycles. The van der Waals surface area contributed by atoms with Crippen LogP contribution in [0, 0.1) is 17.6 Å². The van der Waals surface area contributed by atoms with Gasteiger partial charge in [-0.05, 0) is 12.8 Å². The molecule has 0 aliphatic heterocycles. The Balaban J connectivity index is 2.00. The molecule has 0 saturated heterocycles. The van der Waals surface area contributed by atoms with Gasteiger partial charge in [-0.15, -0.1) is 0 Å². The van der Waals surface area contributed by atoms with Crippen LogP contribution >= 0.6 is 0 Å². The van der Waals surface area contributed by atoms with Crippen LogP contribution in [-0.2, 0) is 0 Å². The second-order valence-electron chi connectivity index (χ2n) is 5.05. The first-order chi connectivity index (χ1) is 10.0. The standard InChI is InChI=1S/C14H18F2N2O3/c1-21-13-10(15)5-9(6-11(13)16)17-14(20)18-12-4-2-3-8(12)7-19/h5-6,8,12,19H,2-4,7H2,1H3,(H2,17,18,20). The second kappa shape index (κ2) is 6.71. The Bertz CT molecular complexity index is 502. The number of benzene rings is 1. The van der Waals surface area contributed by atoms with E-state index in [1.54, 1.807) is 0 Å². The van der Waals surface area contributed by atoms with Crippen molar-refractivity contribution in [3.63, 3.8) is 0 Å². The Morgan fingerprint density at radius 2 is 2.05 bits per heavy atom. The number of aliphatic hydroxyl groups is 1. The number of amides is 2. The van der Waals surface area contributed by atoms with E-state index >= 15 is 0 Å². The average Bonchev–Trinajstić information content (AvgIpc) is 2.85. The number of nitrogens with one attached hydrogen (secondary N) is 2. The minimum absolute atomic E-state index is 0.00171. The van der Waals surface area contributed by atoms with Crippen molar-refractivity contribution in [3.8, 4) is 5.75 Å². The van der Waals surface area contributed by atoms with Gasteiger partial charge >= 0.3 is 6.03 Å². The number of anilines is 1. The van der Waals surface area contributed by atoms with E-state index in [0.29, 0.717) is 0 Å². The summed E-state index contributed by atoms with van der Waals surface area (Å²) in [7, 11) is 1.16. The van der Waals surface area contributed by atoms with Crippen LogP contribution in [0.4, 0.5) is 19.3 Å². The highest BCUT2D eigenvalue weighted by Gasteiger charge is 2.27. The van der Waals surface area contributed by atoms with E-state index in [9.17, 15) is 18.7 Å². The maximum Gasteiger partial charge on any atom is 0.319 e. The topological polar surface area (TPSA) is 70.6 Å². The predicted octanol–water partition coefficient (Wildman–Crippen LogP) is 2.26. The number of carbonyl (C=O) groups is 1. The number of hydrogen-bond donors (Lipinski definition) is 3. The first-order valence-electron chi connectivity index (χ1n) is 6.76. The Kier molecular flexibility index (Phi) is 4.95. The minimum Gasteiger partial charge on any atom is -0.491 e. The molecule has 1 fully saturated rings. The summed E-state index contributed by atoms with van der Waals surface area (Å²) < 4.78 is 31.6. The maximum atomic E-state index is 13.5. The molecule has 3 N–H and O–H groups in total. The third kappa shape index (κ3) is 3.60. The van der Waals surface area contributed by atoms with E-state index in [0.717, 1.165) is 38.5 Å². The fourth-order valence-electron chi connectivity index (χ4n) is 2.61. The van der Waals surface area contributed by atoms with Crippen molar-refractivity contribution in [2.24, 2.45) is 5.92 Å². The van der Waals surface area contributed by atoms with E-state index in [-0.39, 0.29) is 24.3 Å². The molecule has 5 nitrogen and oxygen atoms in total. The van der Waals surface area contributed by atoms with Crippen molar-refractivity contribution in [1.82, 2.24) is 5.32 Å². The van der Waals surface area contributed by atoms with E-state index < -0.39 is 23.4 Å². The molecule has 2 amide bonds. The van der Waals surface area contributed by atoms with E-state index in [4.69, 9.17) is 0 Å². The predicted molar refractivity (Wildman–Crippen MR) is 73.3 cm³/mol. The first-order valence-corrected chi connectivity index (χ1v) is 6.76. The molecule has 2 unspecified atom stereocenters. The van der Waals surface area contributed by atoms with Gasteiger partial charge in [0.15, 0.2) is 17.4 Å². The number of urea groups is 1. The maximum absolute atomic E-state index is 13.5. The molecule has 7 heteroatoms. The summed E-state index contributed by atoms with van der Waals surface area (Å²) in [5.74, 6) is -2.24. The summed E-state index contributed by atoms with van der Waals surface area (Å²) in [5, 5.41) is 14.3. The molecule has 21 heavy (non-hydrogen) atoms. The largest absolute Gasteiger partial charge is 0.491 e. The van der Waals surface area contributed by atoms with Crippen molar-refractivity contribution in [3.05, 3.63) is 23.8 Å². The van der Waals surface area contributed by atoms with Crippen LogP contribution in [0.3, 0.4) is 0 Å². The number of aliphatic hydroxyl groups excluding tert-OH is 1. The normalized spacial score (nSPS) is 21.1. The van der Waals surface area contributed by atoms with Gasteiger partial charge in [0.25, 0.3) is 0 Å². The zero-order valence-electron chi connectivity index (χ0n) is 11.7. The lowest BCUT2D eigenvalue weighted by molar-refractivity contribution is 0.203. The van der Waals surface area contributed by atoms with Crippen LogP contribution in [0.25, 0.3) is 0 Å². The van der Waals surface area contributed by atoms with Gasteiger partial charge in [0.05, 0.1) is 7.11 Å². The van der Waals surface area contributed by atoms with Crippen LogP contribution in [-0.4, -0.2) is 30.9 Å². The molecule has 0 aromatic heterocycles. The molecule has 0 spiro atoms. The van der Waals surface area contributed by atoms with Gasteiger partial charge in [-0.3, -0.25) is 0 Å². The highest BCUT2D eigenvalue weighted by molar-refractivity contribution is 5.89. The third-order valence-electron chi connectivity index (χ3n) is 3.67. The summed E-state index contributed by atoms with van der Waals surface area (Å²) in [6.07, 6.45) is 2.57. The molecular weight excluding hydrogens is 282 g/mol. The lowest BCUT2D eigenvalue weighted by Crippen LogP contribution is -2.41. The fourth-order valence-corrected chi connectivity index (χ4v) is 2.61. The van der Waals surface area contributed by atoms with Gasteiger partial charge in [-0.25, -0.2) is 13.6 Å². The van der Waals surface area contributed by atoms with E-state index in [1.165, 1.54) is 0 Å². The Morgan fingerprint density at radius 1 is 1.38 bits per heavy atom. The molecule has 1 aliphatic carbocycles. The van der Waals surface area contributed by atoms with Crippen LogP contribution in [0.5, 0.6) is 5.75 Å². The van der Waals surface area contributed by atoms with Gasteiger partial charge in [-0.2, -0.15) is 0 Å². The van der Waals surface area contributed by atoms with Crippen molar-refractivity contribution < 1.29 is 23.4 Å². The lowest BCUT2D eigenvalue weighted by Gasteiger charge is -2.19. The highest BCUT2D eigenvalue weighted by atomic mass is 19.1. The number of hydrogen-bond acceptors (Lipinski definition) is 3. The quantitative estimate of drug-likeness (QED) is 0.799. The zero-order valence-corrected chi connectivity index (χ0v) is 11.7. The summed E-state index contributed by atoms with van der Waals surface area (Å²) >= 11 is 0. The van der Waals surface area contributed by atoms with Gasteiger partial charge < -0.3 is 20.5 Å². The molecule has 0 radical (unpaired) electrons. The number of carbonyl (C=O) groups excluding carboxylic acids is 1. The monoisotopic (exact) mass is 300 g/mol. The molecule has 0 heterocycles. The minimum atomic E-state index is -0.887. The molecule has 2 atom stereocenters. The van der Waals surface area contributed by atoms with Crippen molar-refractivity contribution >= 4 is 11.7 Å². The molecule has 1 aliphatic rings. The van der Waals surface area contributed by atoms with Gasteiger partial charge in [0, 0.05) is 36.4 Å². The van der Waals surface area contributed by atoms with E-state index in [1.807, 2.05) is 0 Å². The second-order valence-corrected chi connectivity index (χ2v) is 5.05. The van der Waals surface area contributed by atoms with Crippen molar-refractivity contribution in [1.29, 1.82) is 0 Å². The van der Waals surface area contributed by atoms with Gasteiger partial charge in [-0.1, -0.05) is 6.42 Å². The van der Waals surface area contributed by atoms with Crippen LogP contribution in [0.2, 0.25) is 0 Å². The Labute approximate surface area is 121 Å². The molecule has 0 bridgehead atoms. The summed E-state index contributed by atoms with van der Waals surface area (Å²) in [5.41, 5.74) is 0.00171. The summed E-state index contributed by atoms with van der Waals surface area (Å²) in [6.45, 7) is 0.0107. The van der Waals surface area contributed by atoms with Crippen molar-refractivity contribution in [2.75, 3.05) is 19.0 Å². The van der Waals surface area contributed by atoms with Crippen LogP contribution < -0.4 is 15.4 Å². The number of halogens is 2. The SMILES string of the molecule is COc1c(F)cc(NC(=O)NC2CCCC2CO)cc1F. The zero-order chi connectivity index (χ0) is 15.4. The van der Waals surface area contributed by atoms with Crippen LogP contribution in [0.15, 0.2) is 12.1 Å². The van der Waals surface area contributed by atoms with Crippen LogP contribution in [0.1, 0.15) is 19.3 Å². The number of ether oxygens (including phenoxy) is 1. The first kappa shape index (κ1) is 15.5. The average molecular weight is 300 g/mol. The number of methoxy groups -OCH3 is 1. The van der Waals surface area contributed by atoms with Gasteiger partial charge in [0.2, 0.25) is 0 Å². The highest BCUT2D eigenvalue weighted by Crippen LogP contribution is 2.26. The van der Waals surface area contributed by atoms with E-state index in [2.05, 4.69) is 15.4 Å². The molecular formula is C14H18F2N2O3. The summed E-state index contributed by atoms with van der Waals surface area (Å²) in [6, 6.07) is 1.30.